The van der Waals surface area contributed by atoms with Crippen LogP contribution in [0.25, 0.3) is 0 Å². The maximum absolute atomic E-state index is 13.1. The van der Waals surface area contributed by atoms with Gasteiger partial charge in [-0.15, -0.1) is 0 Å². The number of allylic oxidation sites excluding steroid dienone is 29. The van der Waals surface area contributed by atoms with Crippen molar-refractivity contribution in [1.82, 2.24) is 0 Å². The van der Waals surface area contributed by atoms with Crippen LogP contribution in [-0.4, -0.2) is 96.7 Å². The van der Waals surface area contributed by atoms with Gasteiger partial charge >= 0.3 is 39.5 Å². The highest BCUT2D eigenvalue weighted by Gasteiger charge is 2.30. The van der Waals surface area contributed by atoms with Gasteiger partial charge in [-0.1, -0.05) is 306 Å². The molecule has 0 amide bonds. The van der Waals surface area contributed by atoms with Crippen LogP contribution in [0.15, 0.2) is 182 Å². The minimum absolute atomic E-state index is 0.0763. The predicted molar refractivity (Wildman–Crippen MR) is 436 cm³/mol. The third-order valence-corrected chi connectivity index (χ3v) is 17.8. The Hall–Kier alpha value is -5.84. The summed E-state index contributed by atoms with van der Waals surface area (Å²) in [5.41, 5.74) is 0. The van der Waals surface area contributed by atoms with Crippen molar-refractivity contribution in [2.75, 3.05) is 39.6 Å². The number of hydrogen-bond donors (Lipinski definition) is 3. The molecule has 0 aromatic rings. The Kier molecular flexibility index (Phi) is 73.1. The number of esters is 4. The molecular formula is C87H140O17P2. The third-order valence-electron chi connectivity index (χ3n) is 15.9. The summed E-state index contributed by atoms with van der Waals surface area (Å²) in [6.45, 7) is 4.31. The van der Waals surface area contributed by atoms with Crippen molar-refractivity contribution < 1.29 is 80.2 Å². The molecule has 0 aromatic carbocycles. The number of rotatable bonds is 73. The molecule has 0 saturated carbocycles. The summed E-state index contributed by atoms with van der Waals surface area (Å²) in [6.07, 6.45) is 93.4. The molecule has 0 aromatic heterocycles. The molecule has 0 heterocycles. The quantitative estimate of drug-likeness (QED) is 0.0169. The summed E-state index contributed by atoms with van der Waals surface area (Å²) < 4.78 is 68.4. The zero-order valence-corrected chi connectivity index (χ0v) is 67.3. The number of aliphatic hydroxyl groups is 1. The number of phosphoric ester groups is 2. The van der Waals surface area contributed by atoms with E-state index < -0.39 is 97.5 Å². The van der Waals surface area contributed by atoms with Crippen LogP contribution in [0.4, 0.5) is 0 Å². The summed E-state index contributed by atoms with van der Waals surface area (Å²) in [6, 6.07) is 0. The molecule has 0 aliphatic heterocycles. The SMILES string of the molecule is CC/C=C\C/C=C\C/C=C\C/C=C\C/C=C\CCCCCC(=O)OCC(COP(=O)(O)OCC(O)COP(=O)(O)OCC(COC(=O)CCC/C=C\C/C=C\C/C=C\C/C=C\C/C=C\CC)OC(=O)CCCCCCCCCCCCCCCCC)OC(=O)C/C=C\C/C=C\C/C=C\C/C=C\C/C=C\CC. The summed E-state index contributed by atoms with van der Waals surface area (Å²) in [5.74, 6) is -2.44. The van der Waals surface area contributed by atoms with Crippen molar-refractivity contribution in [1.29, 1.82) is 0 Å². The number of carbonyl (C=O) groups excluding carboxylic acids is 4. The topological polar surface area (TPSA) is 237 Å². The molecule has 106 heavy (non-hydrogen) atoms. The molecule has 600 valence electrons. The molecule has 0 bridgehead atoms. The van der Waals surface area contributed by atoms with Gasteiger partial charge in [-0.3, -0.25) is 37.3 Å². The van der Waals surface area contributed by atoms with Crippen LogP contribution in [-0.2, 0) is 65.4 Å². The van der Waals surface area contributed by atoms with Crippen molar-refractivity contribution in [3.8, 4) is 0 Å². The Morgan fingerprint density at radius 2 is 0.538 bits per heavy atom. The molecule has 0 aliphatic rings. The summed E-state index contributed by atoms with van der Waals surface area (Å²) in [4.78, 5) is 73.0. The summed E-state index contributed by atoms with van der Waals surface area (Å²) >= 11 is 0. The first-order valence-electron chi connectivity index (χ1n) is 40.0. The van der Waals surface area contributed by atoms with E-state index in [1.165, 1.54) is 64.2 Å². The van der Waals surface area contributed by atoms with E-state index >= 15 is 0 Å². The Morgan fingerprint density at radius 3 is 0.877 bits per heavy atom. The van der Waals surface area contributed by atoms with E-state index in [-0.39, 0.29) is 25.7 Å². The van der Waals surface area contributed by atoms with Crippen LogP contribution in [0.1, 0.15) is 285 Å². The van der Waals surface area contributed by atoms with E-state index in [9.17, 15) is 43.2 Å². The Balaban J connectivity index is 5.52. The first-order chi connectivity index (χ1) is 51.7. The molecule has 0 rings (SSSR count). The van der Waals surface area contributed by atoms with Crippen LogP contribution in [0, 0.1) is 0 Å². The molecule has 5 unspecified atom stereocenters. The number of phosphoric acid groups is 2. The maximum atomic E-state index is 13.1. The molecule has 0 radical (unpaired) electrons. The van der Waals surface area contributed by atoms with Crippen molar-refractivity contribution in [3.05, 3.63) is 182 Å². The lowest BCUT2D eigenvalue weighted by Crippen LogP contribution is -2.30. The molecule has 3 N–H and O–H groups in total. The average Bonchev–Trinajstić information content (AvgIpc) is 0.909. The van der Waals surface area contributed by atoms with E-state index in [0.29, 0.717) is 32.1 Å². The van der Waals surface area contributed by atoms with Gasteiger partial charge in [-0.2, -0.15) is 0 Å². The lowest BCUT2D eigenvalue weighted by Gasteiger charge is -2.21. The zero-order chi connectivity index (χ0) is 77.4. The molecule has 17 nitrogen and oxygen atoms in total. The van der Waals surface area contributed by atoms with E-state index in [4.69, 9.17) is 37.0 Å². The van der Waals surface area contributed by atoms with Crippen LogP contribution in [0.2, 0.25) is 0 Å². The lowest BCUT2D eigenvalue weighted by atomic mass is 10.0. The van der Waals surface area contributed by atoms with Crippen LogP contribution in [0.5, 0.6) is 0 Å². The fraction of sp³-hybridized carbons (Fsp3) is 0.609. The van der Waals surface area contributed by atoms with Gasteiger partial charge in [0.05, 0.1) is 32.8 Å². The monoisotopic (exact) mass is 1520 g/mol. The van der Waals surface area contributed by atoms with E-state index in [1.54, 1.807) is 12.2 Å². The van der Waals surface area contributed by atoms with Crippen molar-refractivity contribution in [3.63, 3.8) is 0 Å². The van der Waals surface area contributed by atoms with Crippen LogP contribution >= 0.6 is 15.6 Å². The highest BCUT2D eigenvalue weighted by molar-refractivity contribution is 7.47. The Labute approximate surface area is 641 Å². The highest BCUT2D eigenvalue weighted by atomic mass is 31.2. The normalized spacial score (nSPS) is 14.8. The highest BCUT2D eigenvalue weighted by Crippen LogP contribution is 2.45. The standard InChI is InChI=1S/C87H140O17P2/c1-5-9-13-17-21-25-29-33-37-39-40-42-46-48-52-56-60-64-68-72-85(90)98-78-83(104-87(92)74-70-66-62-58-54-50-44-36-32-28-24-20-16-12-8-4)80-102-106(95,96)100-76-81(88)75-99-105(93,94)101-79-82(103-86(91)73-69-65-61-57-53-49-43-35-31-27-23-19-15-11-7-3)77-97-84(89)71-67-63-59-55-51-47-45-41-38-34-30-26-22-18-14-10-6-2/h9-10,12-14,16,21-22,24-26,28,33-34,36-38,40,42,44-45,47-48,52,54-55,58-59,66,70,81-83,88H,5-8,11,15,17-20,23,27,29-32,35,39,41,43,46,49-51,53,56-57,60-65,67-69,71-80H2,1-4H3,(H,93,94)(H,95,96)/b13-9-,14-10-,16-12-,25-21-,26-22-,28-24-,37-33-,38-34-,42-40-,44-36-,47-45-,52-48-,58-54-,59-55-,70-66-. The molecule has 19 heteroatoms. The van der Waals surface area contributed by atoms with Gasteiger partial charge in [0.25, 0.3) is 0 Å². The molecular weight excluding hydrogens is 1380 g/mol. The molecule has 0 fully saturated rings. The summed E-state index contributed by atoms with van der Waals surface area (Å²) in [7, 11) is -10.0. The lowest BCUT2D eigenvalue weighted by molar-refractivity contribution is -0.161. The van der Waals surface area contributed by atoms with E-state index in [0.717, 1.165) is 135 Å². The number of hydrogen-bond acceptors (Lipinski definition) is 15. The number of aliphatic hydroxyl groups excluding tert-OH is 1. The average molecular weight is 1520 g/mol. The second kappa shape index (κ2) is 77.3. The third kappa shape index (κ3) is 76.4. The van der Waals surface area contributed by atoms with Crippen molar-refractivity contribution in [2.45, 2.75) is 303 Å². The molecule has 0 spiro atoms. The fourth-order valence-electron chi connectivity index (χ4n) is 9.95. The zero-order valence-electron chi connectivity index (χ0n) is 65.5. The number of carbonyl (C=O) groups is 4. The number of unbranched alkanes of at least 4 members (excludes halogenated alkanes) is 18. The maximum Gasteiger partial charge on any atom is 0.472 e. The first-order valence-corrected chi connectivity index (χ1v) is 43.0. The minimum atomic E-state index is -5.02. The van der Waals surface area contributed by atoms with Gasteiger partial charge in [-0.25, -0.2) is 9.13 Å². The van der Waals surface area contributed by atoms with Gasteiger partial charge in [0.1, 0.15) is 19.3 Å². The Morgan fingerprint density at radius 1 is 0.283 bits per heavy atom. The first kappa shape index (κ1) is 100. The van der Waals surface area contributed by atoms with Gasteiger partial charge in [0, 0.05) is 19.3 Å². The van der Waals surface area contributed by atoms with Crippen LogP contribution < -0.4 is 0 Å². The second-order valence-electron chi connectivity index (χ2n) is 25.9. The summed E-state index contributed by atoms with van der Waals surface area (Å²) in [5, 5.41) is 10.6. The van der Waals surface area contributed by atoms with E-state index in [2.05, 4.69) is 174 Å². The van der Waals surface area contributed by atoms with Gasteiger partial charge in [0.2, 0.25) is 0 Å². The van der Waals surface area contributed by atoms with Crippen molar-refractivity contribution in [2.24, 2.45) is 0 Å². The van der Waals surface area contributed by atoms with Gasteiger partial charge in [-0.05, 0) is 135 Å². The van der Waals surface area contributed by atoms with Crippen LogP contribution in [0.3, 0.4) is 0 Å². The predicted octanol–water partition coefficient (Wildman–Crippen LogP) is 23.6. The van der Waals surface area contributed by atoms with Gasteiger partial charge in [0.15, 0.2) is 12.2 Å². The fourth-order valence-corrected chi connectivity index (χ4v) is 11.5. The largest absolute Gasteiger partial charge is 0.472 e. The van der Waals surface area contributed by atoms with Gasteiger partial charge < -0.3 is 33.8 Å². The molecule has 0 saturated heterocycles. The Bertz CT molecular complexity index is 2730. The molecule has 5 atom stereocenters. The minimum Gasteiger partial charge on any atom is -0.462 e. The molecule has 0 aliphatic carbocycles. The van der Waals surface area contributed by atoms with E-state index in [1.807, 2.05) is 24.3 Å². The number of ether oxygens (including phenoxy) is 4. The smallest absolute Gasteiger partial charge is 0.462 e. The van der Waals surface area contributed by atoms with Crippen molar-refractivity contribution >= 4 is 39.5 Å². The second-order valence-corrected chi connectivity index (χ2v) is 28.8.